The summed E-state index contributed by atoms with van der Waals surface area (Å²) in [5.41, 5.74) is 8.30. The predicted molar refractivity (Wildman–Crippen MR) is 157 cm³/mol. The lowest BCUT2D eigenvalue weighted by Gasteiger charge is -2.18. The second kappa shape index (κ2) is 12.0. The van der Waals surface area contributed by atoms with Gasteiger partial charge in [-0.3, -0.25) is 14.7 Å². The number of hydrazine groups is 1. The molecule has 2 aliphatic heterocycles. The Labute approximate surface area is 238 Å². The minimum absolute atomic E-state index is 0.0489. The van der Waals surface area contributed by atoms with Crippen LogP contribution < -0.4 is 20.1 Å². The molecule has 1 amide bonds. The molecule has 1 N–H and O–H groups in total. The molecule has 0 bridgehead atoms. The first-order valence-electron chi connectivity index (χ1n) is 12.5. The highest BCUT2D eigenvalue weighted by molar-refractivity contribution is 8.15. The van der Waals surface area contributed by atoms with Crippen molar-refractivity contribution in [3.8, 4) is 5.75 Å². The zero-order valence-corrected chi connectivity index (χ0v) is 22.9. The van der Waals surface area contributed by atoms with Crippen LogP contribution in [0.2, 0.25) is 0 Å². The summed E-state index contributed by atoms with van der Waals surface area (Å²) in [6.45, 7) is 4.01. The molecule has 8 nitrogen and oxygen atoms in total. The van der Waals surface area contributed by atoms with Crippen LogP contribution in [-0.2, 0) is 4.79 Å². The number of alkyl halides is 3. The van der Waals surface area contributed by atoms with Gasteiger partial charge in [0.1, 0.15) is 18.3 Å². The van der Waals surface area contributed by atoms with Crippen LogP contribution in [0.3, 0.4) is 0 Å². The first-order valence-corrected chi connectivity index (χ1v) is 13.5. The maximum atomic E-state index is 12.7. The van der Waals surface area contributed by atoms with Gasteiger partial charge in [0.2, 0.25) is 5.91 Å². The van der Waals surface area contributed by atoms with Gasteiger partial charge in [-0.1, -0.05) is 65.9 Å². The van der Waals surface area contributed by atoms with Gasteiger partial charge in [-0.25, -0.2) is 4.99 Å². The molecular formula is C29H25F3N6O2S. The fourth-order valence-electron chi connectivity index (χ4n) is 4.15. The van der Waals surface area contributed by atoms with Crippen molar-refractivity contribution in [3.63, 3.8) is 0 Å². The number of amidine groups is 1. The molecule has 0 aromatic heterocycles. The second-order valence-electron chi connectivity index (χ2n) is 9.30. The topological polar surface area (TPSA) is 81.9 Å². The van der Waals surface area contributed by atoms with Crippen LogP contribution in [0.1, 0.15) is 36.7 Å². The number of allylic oxidation sites excluding steroid dienone is 1. The molecule has 3 aromatic carbocycles. The number of hydrogen-bond donors (Lipinski definition) is 1. The average molecular weight is 579 g/mol. The van der Waals surface area contributed by atoms with Crippen LogP contribution in [0.25, 0.3) is 6.08 Å². The van der Waals surface area contributed by atoms with Crippen LogP contribution in [0.4, 0.5) is 24.5 Å². The van der Waals surface area contributed by atoms with Crippen LogP contribution in [0, 0.1) is 0 Å². The summed E-state index contributed by atoms with van der Waals surface area (Å²) in [7, 11) is 0. The summed E-state index contributed by atoms with van der Waals surface area (Å²) in [5.74, 6) is -0.0493. The predicted octanol–water partition coefficient (Wildman–Crippen LogP) is 6.53. The van der Waals surface area contributed by atoms with Crippen LogP contribution in [0.5, 0.6) is 5.75 Å². The molecule has 210 valence electrons. The van der Waals surface area contributed by atoms with Crippen molar-refractivity contribution in [1.82, 2.24) is 5.43 Å². The summed E-state index contributed by atoms with van der Waals surface area (Å²) >= 11 is 1.34. The molecule has 41 heavy (non-hydrogen) atoms. The summed E-state index contributed by atoms with van der Waals surface area (Å²) in [6, 6.07) is 20.7. The fraction of sp³-hybridized carbons (Fsp3) is 0.172. The van der Waals surface area contributed by atoms with Gasteiger partial charge in [-0.2, -0.15) is 10.5 Å². The molecule has 5 rings (SSSR count). The number of anilines is 2. The standard InChI is InChI=1S/C29H25F3N6O2S/c1-19(2)15-22-5-3-4-6-25(22)38-26(39)17-41-28(38)35-34-16-20-7-9-21(10-8-20)27-33-18-37(36-27)23-11-13-24(14-12-23)40-29(30,31)32/h3-16,18,27,36H,17H2,1-2H3/b34-16+,35-28-. The van der Waals surface area contributed by atoms with Gasteiger partial charge >= 0.3 is 6.36 Å². The van der Waals surface area contributed by atoms with Gasteiger partial charge in [0, 0.05) is 0 Å². The molecule has 1 unspecified atom stereocenters. The second-order valence-corrected chi connectivity index (χ2v) is 10.2. The van der Waals surface area contributed by atoms with Crippen LogP contribution in [0.15, 0.2) is 93.6 Å². The Hall–Kier alpha value is -4.42. The summed E-state index contributed by atoms with van der Waals surface area (Å²) < 4.78 is 41.1. The molecule has 0 spiro atoms. The van der Waals surface area contributed by atoms with E-state index >= 15 is 0 Å². The van der Waals surface area contributed by atoms with Gasteiger partial charge in [0.05, 0.1) is 23.3 Å². The number of para-hydroxylation sites is 1. The lowest BCUT2D eigenvalue weighted by Crippen LogP contribution is -2.33. The number of benzene rings is 3. The number of hydrogen-bond acceptors (Lipinski definition) is 8. The minimum atomic E-state index is -4.74. The third kappa shape index (κ3) is 7.02. The molecule has 3 aromatic rings. The van der Waals surface area contributed by atoms with E-state index in [1.165, 1.54) is 36.0 Å². The Bertz CT molecular complexity index is 1530. The molecule has 0 aliphatic carbocycles. The van der Waals surface area contributed by atoms with Crippen molar-refractivity contribution in [1.29, 1.82) is 0 Å². The number of rotatable bonds is 7. The highest BCUT2D eigenvalue weighted by Crippen LogP contribution is 2.31. The van der Waals surface area contributed by atoms with E-state index < -0.39 is 6.36 Å². The zero-order chi connectivity index (χ0) is 29.0. The van der Waals surface area contributed by atoms with E-state index in [0.717, 1.165) is 28.0 Å². The van der Waals surface area contributed by atoms with Gasteiger partial charge < -0.3 is 4.74 Å². The molecule has 12 heteroatoms. The quantitative estimate of drug-likeness (QED) is 0.255. The van der Waals surface area contributed by atoms with E-state index in [2.05, 4.69) is 25.4 Å². The average Bonchev–Trinajstić information content (AvgIpc) is 3.56. The molecule has 0 saturated carbocycles. The van der Waals surface area contributed by atoms with Crippen molar-refractivity contribution in [3.05, 3.63) is 95.1 Å². The molecule has 1 atom stereocenters. The largest absolute Gasteiger partial charge is 0.573 e. The maximum Gasteiger partial charge on any atom is 0.573 e. The first kappa shape index (κ1) is 28.1. The number of amides is 1. The van der Waals surface area contributed by atoms with E-state index in [-0.39, 0.29) is 17.8 Å². The number of aliphatic imine (C=N–C) groups is 1. The summed E-state index contributed by atoms with van der Waals surface area (Å²) in [6.07, 6.45) is 0.0960. The van der Waals surface area contributed by atoms with E-state index in [0.29, 0.717) is 16.6 Å². The number of nitrogens with zero attached hydrogens (tertiary/aromatic N) is 5. The van der Waals surface area contributed by atoms with Gasteiger partial charge in [0.15, 0.2) is 5.17 Å². The SMILES string of the molecule is CC(C)=Cc1ccccc1N1C(=O)CS/C1=N\N=C\c1ccc(C2N=CN(c3ccc(OC(F)(F)F)cc3)N2)cc1. The molecule has 2 heterocycles. The highest BCUT2D eigenvalue weighted by Gasteiger charge is 2.32. The van der Waals surface area contributed by atoms with Crippen molar-refractivity contribution in [2.45, 2.75) is 26.4 Å². The van der Waals surface area contributed by atoms with Crippen molar-refractivity contribution < 1.29 is 22.7 Å². The van der Waals surface area contributed by atoms with Crippen molar-refractivity contribution in [2.75, 3.05) is 15.7 Å². The Kier molecular flexibility index (Phi) is 8.22. The van der Waals surface area contributed by atoms with Crippen LogP contribution in [-0.4, -0.2) is 35.7 Å². The van der Waals surface area contributed by atoms with Crippen LogP contribution >= 0.6 is 11.8 Å². The Balaban J connectivity index is 1.23. The monoisotopic (exact) mass is 578 g/mol. The number of thioether (sulfide) groups is 1. The van der Waals surface area contributed by atoms with E-state index in [4.69, 9.17) is 0 Å². The zero-order valence-electron chi connectivity index (χ0n) is 22.0. The summed E-state index contributed by atoms with van der Waals surface area (Å²) in [4.78, 5) is 18.7. The Morgan fingerprint density at radius 2 is 1.80 bits per heavy atom. The smallest absolute Gasteiger partial charge is 0.406 e. The minimum Gasteiger partial charge on any atom is -0.406 e. The van der Waals surface area contributed by atoms with Gasteiger partial charge in [0.25, 0.3) is 0 Å². The van der Waals surface area contributed by atoms with Gasteiger partial charge in [-0.15, -0.1) is 18.3 Å². The van der Waals surface area contributed by atoms with Gasteiger partial charge in [-0.05, 0) is 60.9 Å². The molecule has 1 fully saturated rings. The number of nitrogens with one attached hydrogen (secondary N) is 1. The molecular weight excluding hydrogens is 553 g/mol. The van der Waals surface area contributed by atoms with E-state index in [1.807, 2.05) is 68.5 Å². The lowest BCUT2D eigenvalue weighted by atomic mass is 10.1. The van der Waals surface area contributed by atoms with Crippen molar-refractivity contribution in [2.24, 2.45) is 15.2 Å². The normalized spacial score (nSPS) is 18.1. The van der Waals surface area contributed by atoms with Crippen molar-refractivity contribution >= 4 is 52.8 Å². The molecule has 2 aliphatic rings. The molecule has 1 saturated heterocycles. The Morgan fingerprint density at radius 1 is 1.07 bits per heavy atom. The number of halogens is 3. The highest BCUT2D eigenvalue weighted by atomic mass is 32.2. The maximum absolute atomic E-state index is 12.7. The fourth-order valence-corrected chi connectivity index (χ4v) is 4.96. The third-order valence-electron chi connectivity index (χ3n) is 5.93. The Morgan fingerprint density at radius 3 is 2.51 bits per heavy atom. The number of carbonyl (C=O) groups excluding carboxylic acids is 1. The molecule has 0 radical (unpaired) electrons. The lowest BCUT2D eigenvalue weighted by molar-refractivity contribution is -0.274. The first-order chi connectivity index (χ1) is 19.7. The van der Waals surface area contributed by atoms with E-state index in [9.17, 15) is 18.0 Å². The number of ether oxygens (including phenoxy) is 1. The summed E-state index contributed by atoms with van der Waals surface area (Å²) in [5, 5.41) is 10.7. The third-order valence-corrected chi connectivity index (χ3v) is 6.84. The number of carbonyl (C=O) groups is 1. The van der Waals surface area contributed by atoms with E-state index in [1.54, 1.807) is 22.5 Å².